The van der Waals surface area contributed by atoms with E-state index >= 15 is 0 Å². The summed E-state index contributed by atoms with van der Waals surface area (Å²) in [5, 5.41) is 12.0. The molecule has 0 saturated heterocycles. The van der Waals surface area contributed by atoms with E-state index in [0.717, 1.165) is 0 Å². The largest absolute Gasteiger partial charge is 0.493 e. The van der Waals surface area contributed by atoms with Crippen LogP contribution in [0.3, 0.4) is 0 Å². The van der Waals surface area contributed by atoms with Gasteiger partial charge in [0, 0.05) is 18.2 Å². The summed E-state index contributed by atoms with van der Waals surface area (Å²) >= 11 is 0. The highest BCUT2D eigenvalue weighted by Gasteiger charge is 2.17. The summed E-state index contributed by atoms with van der Waals surface area (Å²) in [6, 6.07) is 7.18. The van der Waals surface area contributed by atoms with Gasteiger partial charge in [-0.05, 0) is 36.5 Å². The van der Waals surface area contributed by atoms with Gasteiger partial charge in [0.15, 0.2) is 0 Å². The lowest BCUT2D eigenvalue weighted by Gasteiger charge is -2.21. The fourth-order valence-corrected chi connectivity index (χ4v) is 1.95. The van der Waals surface area contributed by atoms with E-state index in [0.29, 0.717) is 30.3 Å². The van der Waals surface area contributed by atoms with E-state index in [1.165, 1.54) is 0 Å². The molecule has 4 heteroatoms. The van der Waals surface area contributed by atoms with Crippen molar-refractivity contribution in [2.75, 3.05) is 13.2 Å². The number of hydrogen-bond donors (Lipinski definition) is 2. The van der Waals surface area contributed by atoms with Gasteiger partial charge < -0.3 is 15.2 Å². The summed E-state index contributed by atoms with van der Waals surface area (Å²) in [7, 11) is 0. The van der Waals surface area contributed by atoms with Crippen molar-refractivity contribution in [1.29, 1.82) is 0 Å². The zero-order valence-electron chi connectivity index (χ0n) is 13.4. The molecule has 1 atom stereocenters. The Labute approximate surface area is 127 Å². The average molecular weight is 293 g/mol. The molecular weight excluding hydrogens is 266 g/mol. The van der Waals surface area contributed by atoms with Crippen molar-refractivity contribution in [1.82, 2.24) is 5.32 Å². The highest BCUT2D eigenvalue weighted by atomic mass is 16.5. The predicted molar refractivity (Wildman–Crippen MR) is 84.6 cm³/mol. The van der Waals surface area contributed by atoms with E-state index in [1.807, 2.05) is 26.0 Å². The summed E-state index contributed by atoms with van der Waals surface area (Å²) in [6.07, 6.45) is 0.562. The van der Waals surface area contributed by atoms with Crippen molar-refractivity contribution >= 4 is 5.91 Å². The minimum absolute atomic E-state index is 0.0252. The Morgan fingerprint density at radius 2 is 2.00 bits per heavy atom. The molecule has 118 valence electrons. The molecular formula is C17H27NO3. The van der Waals surface area contributed by atoms with Gasteiger partial charge in [0.2, 0.25) is 0 Å². The maximum Gasteiger partial charge on any atom is 0.251 e. The van der Waals surface area contributed by atoms with Crippen molar-refractivity contribution in [2.45, 2.75) is 40.2 Å². The molecule has 0 aliphatic carbocycles. The number of aliphatic hydroxyl groups excluding tert-OH is 1. The van der Waals surface area contributed by atoms with Crippen LogP contribution in [0.15, 0.2) is 24.3 Å². The zero-order valence-corrected chi connectivity index (χ0v) is 13.4. The standard InChI is InChI=1S/C17H27NO3/c1-12(2)11-21-15-7-5-6-14(10-15)17(20)18-16(8-9-19)13(3)4/h5-7,10,12-13,16,19H,8-9,11H2,1-4H3,(H,18,20). The van der Waals surface area contributed by atoms with Crippen LogP contribution >= 0.6 is 0 Å². The molecule has 0 aromatic heterocycles. The van der Waals surface area contributed by atoms with Crippen LogP contribution in [0.25, 0.3) is 0 Å². The van der Waals surface area contributed by atoms with Crippen molar-refractivity contribution in [3.63, 3.8) is 0 Å². The Morgan fingerprint density at radius 3 is 2.57 bits per heavy atom. The third-order valence-corrected chi connectivity index (χ3v) is 3.24. The monoisotopic (exact) mass is 293 g/mol. The Balaban J connectivity index is 2.70. The van der Waals surface area contributed by atoms with Crippen LogP contribution in [0.5, 0.6) is 5.75 Å². The number of ether oxygens (including phenoxy) is 1. The molecule has 0 heterocycles. The number of amides is 1. The van der Waals surface area contributed by atoms with Crippen LogP contribution in [-0.2, 0) is 0 Å². The Kier molecular flexibility index (Phi) is 7.23. The van der Waals surface area contributed by atoms with Gasteiger partial charge in [-0.15, -0.1) is 0 Å². The van der Waals surface area contributed by atoms with Gasteiger partial charge in [-0.2, -0.15) is 0 Å². The van der Waals surface area contributed by atoms with Gasteiger partial charge in [-0.3, -0.25) is 4.79 Å². The highest BCUT2D eigenvalue weighted by Crippen LogP contribution is 2.15. The van der Waals surface area contributed by atoms with Crippen LogP contribution in [-0.4, -0.2) is 30.3 Å². The number of carbonyl (C=O) groups is 1. The third kappa shape index (κ3) is 6.17. The summed E-state index contributed by atoms with van der Waals surface area (Å²) < 4.78 is 5.64. The summed E-state index contributed by atoms with van der Waals surface area (Å²) in [5.74, 6) is 1.30. The fourth-order valence-electron chi connectivity index (χ4n) is 1.95. The van der Waals surface area contributed by atoms with Gasteiger partial charge in [0.05, 0.1) is 6.61 Å². The number of carbonyl (C=O) groups excluding carboxylic acids is 1. The molecule has 0 saturated carbocycles. The van der Waals surface area contributed by atoms with E-state index in [1.54, 1.807) is 12.1 Å². The first kappa shape index (κ1) is 17.5. The molecule has 21 heavy (non-hydrogen) atoms. The first-order valence-corrected chi connectivity index (χ1v) is 7.58. The third-order valence-electron chi connectivity index (χ3n) is 3.24. The lowest BCUT2D eigenvalue weighted by Crippen LogP contribution is -2.39. The number of rotatable bonds is 8. The van der Waals surface area contributed by atoms with E-state index in [9.17, 15) is 4.79 Å². The molecule has 1 aromatic carbocycles. The Hall–Kier alpha value is -1.55. The first-order valence-electron chi connectivity index (χ1n) is 7.58. The molecule has 1 unspecified atom stereocenters. The Bertz CT molecular complexity index is 443. The lowest BCUT2D eigenvalue weighted by molar-refractivity contribution is 0.0916. The van der Waals surface area contributed by atoms with E-state index < -0.39 is 0 Å². The van der Waals surface area contributed by atoms with Crippen molar-refractivity contribution < 1.29 is 14.6 Å². The fraction of sp³-hybridized carbons (Fsp3) is 0.588. The second-order valence-corrected chi connectivity index (χ2v) is 6.07. The van der Waals surface area contributed by atoms with Gasteiger partial charge in [-0.1, -0.05) is 33.8 Å². The van der Waals surface area contributed by atoms with Crippen LogP contribution in [0.1, 0.15) is 44.5 Å². The van der Waals surface area contributed by atoms with Crippen LogP contribution < -0.4 is 10.1 Å². The number of hydrogen-bond acceptors (Lipinski definition) is 3. The zero-order chi connectivity index (χ0) is 15.8. The smallest absolute Gasteiger partial charge is 0.251 e. The molecule has 2 N–H and O–H groups in total. The molecule has 1 rings (SSSR count). The summed E-state index contributed by atoms with van der Waals surface area (Å²) in [5.41, 5.74) is 0.583. The average Bonchev–Trinajstić information content (AvgIpc) is 2.44. The molecule has 1 amide bonds. The van der Waals surface area contributed by atoms with Crippen LogP contribution in [0.2, 0.25) is 0 Å². The molecule has 0 aliphatic rings. The molecule has 4 nitrogen and oxygen atoms in total. The van der Waals surface area contributed by atoms with Crippen molar-refractivity contribution in [3.05, 3.63) is 29.8 Å². The molecule has 1 aromatic rings. The number of aliphatic hydroxyl groups is 1. The van der Waals surface area contributed by atoms with E-state index in [2.05, 4.69) is 19.2 Å². The van der Waals surface area contributed by atoms with Crippen molar-refractivity contribution in [2.24, 2.45) is 11.8 Å². The predicted octanol–water partition coefficient (Wildman–Crippen LogP) is 2.86. The maximum atomic E-state index is 12.3. The molecule has 0 aliphatic heterocycles. The second-order valence-electron chi connectivity index (χ2n) is 6.07. The molecule has 0 radical (unpaired) electrons. The van der Waals surface area contributed by atoms with Gasteiger partial charge >= 0.3 is 0 Å². The first-order chi connectivity index (χ1) is 9.93. The van der Waals surface area contributed by atoms with Crippen LogP contribution in [0, 0.1) is 11.8 Å². The molecule has 0 spiro atoms. The SMILES string of the molecule is CC(C)COc1cccc(C(=O)NC(CCO)C(C)C)c1. The quantitative estimate of drug-likeness (QED) is 0.775. The number of benzene rings is 1. The number of nitrogens with one attached hydrogen (secondary N) is 1. The topological polar surface area (TPSA) is 58.6 Å². The van der Waals surface area contributed by atoms with Gasteiger partial charge in [0.25, 0.3) is 5.91 Å². The molecule has 0 bridgehead atoms. The normalized spacial score (nSPS) is 12.5. The van der Waals surface area contributed by atoms with Crippen LogP contribution in [0.4, 0.5) is 0 Å². The van der Waals surface area contributed by atoms with Crippen molar-refractivity contribution in [3.8, 4) is 5.75 Å². The van der Waals surface area contributed by atoms with E-state index in [4.69, 9.17) is 9.84 Å². The minimum Gasteiger partial charge on any atom is -0.493 e. The summed E-state index contributed by atoms with van der Waals surface area (Å²) in [4.78, 5) is 12.3. The molecule has 0 fully saturated rings. The summed E-state index contributed by atoms with van der Waals surface area (Å²) in [6.45, 7) is 8.92. The second kappa shape index (κ2) is 8.67. The maximum absolute atomic E-state index is 12.3. The van der Waals surface area contributed by atoms with E-state index in [-0.39, 0.29) is 24.5 Å². The Morgan fingerprint density at radius 1 is 1.29 bits per heavy atom. The minimum atomic E-state index is -0.128. The lowest BCUT2D eigenvalue weighted by atomic mass is 10.0. The van der Waals surface area contributed by atoms with Gasteiger partial charge in [0.1, 0.15) is 5.75 Å². The highest BCUT2D eigenvalue weighted by molar-refractivity contribution is 5.94. The van der Waals surface area contributed by atoms with Gasteiger partial charge in [-0.25, -0.2) is 0 Å².